The van der Waals surface area contributed by atoms with Crippen LogP contribution in [0.1, 0.15) is 16.1 Å². The first-order chi connectivity index (χ1) is 11.2. The second-order valence-corrected chi connectivity index (χ2v) is 6.27. The molecule has 24 heavy (non-hydrogen) atoms. The Labute approximate surface area is 142 Å². The molecule has 0 fully saturated rings. The van der Waals surface area contributed by atoms with Crippen molar-refractivity contribution in [2.45, 2.75) is 13.3 Å². The third-order valence-electron chi connectivity index (χ3n) is 3.30. The molecule has 9 heteroatoms. The Bertz CT molecular complexity index is 945. The number of benzene rings is 1. The second kappa shape index (κ2) is 5.71. The normalized spacial score (nSPS) is 11.9. The van der Waals surface area contributed by atoms with Crippen LogP contribution < -0.4 is 4.74 Å². The molecule has 0 saturated heterocycles. The van der Waals surface area contributed by atoms with Gasteiger partial charge in [-0.3, -0.25) is 9.36 Å². The Hall–Kier alpha value is -2.19. The van der Waals surface area contributed by atoms with Gasteiger partial charge in [-0.05, 0) is 25.1 Å². The van der Waals surface area contributed by atoms with Gasteiger partial charge in [0, 0.05) is 22.5 Å². The van der Waals surface area contributed by atoms with Gasteiger partial charge in [0.25, 0.3) is 5.91 Å². The summed E-state index contributed by atoms with van der Waals surface area (Å²) in [5.74, 6) is -0.636. The quantitative estimate of drug-likeness (QED) is 0.689. The number of thiophene rings is 1. The van der Waals surface area contributed by atoms with E-state index in [9.17, 15) is 23.1 Å². The lowest BCUT2D eigenvalue weighted by Crippen LogP contribution is -2.16. The summed E-state index contributed by atoms with van der Waals surface area (Å²) < 4.78 is 41.8. The number of carbonyl (C=O) groups excluding carboxylic acids is 1. The van der Waals surface area contributed by atoms with Gasteiger partial charge in [0.2, 0.25) is 0 Å². The van der Waals surface area contributed by atoms with E-state index in [4.69, 9.17) is 11.6 Å². The van der Waals surface area contributed by atoms with Gasteiger partial charge >= 0.3 is 6.36 Å². The molecule has 126 valence electrons. The molecule has 0 unspecified atom stereocenters. The third kappa shape index (κ3) is 3.07. The minimum Gasteiger partial charge on any atom is -0.506 e. The number of fused-ring (bicyclic) bond motifs is 1. The van der Waals surface area contributed by atoms with Crippen LogP contribution in [-0.4, -0.2) is 21.9 Å². The molecule has 0 aliphatic heterocycles. The Morgan fingerprint density at radius 3 is 2.67 bits per heavy atom. The highest BCUT2D eigenvalue weighted by atomic mass is 35.5. The minimum absolute atomic E-state index is 0.0593. The van der Waals surface area contributed by atoms with Crippen molar-refractivity contribution < 1.29 is 27.8 Å². The highest BCUT2D eigenvalue weighted by molar-refractivity contribution is 7.12. The number of carbonyl (C=O) groups is 1. The molecule has 3 rings (SSSR count). The molecule has 0 radical (unpaired) electrons. The van der Waals surface area contributed by atoms with E-state index in [0.717, 1.165) is 6.07 Å². The predicted molar refractivity (Wildman–Crippen MR) is 84.1 cm³/mol. The fourth-order valence-electron chi connectivity index (χ4n) is 2.35. The minimum atomic E-state index is -4.81. The summed E-state index contributed by atoms with van der Waals surface area (Å²) >= 11 is 6.56. The van der Waals surface area contributed by atoms with E-state index in [1.807, 2.05) is 0 Å². The predicted octanol–water partition coefficient (Wildman–Crippen LogP) is 4.96. The fourth-order valence-corrected chi connectivity index (χ4v) is 3.26. The lowest BCUT2D eigenvalue weighted by atomic mass is 10.2. The maximum atomic E-state index is 12.6. The molecule has 0 spiro atoms. The number of halogens is 4. The van der Waals surface area contributed by atoms with Crippen molar-refractivity contribution in [3.63, 3.8) is 0 Å². The van der Waals surface area contributed by atoms with Gasteiger partial charge < -0.3 is 9.84 Å². The van der Waals surface area contributed by atoms with Crippen LogP contribution in [0.2, 0.25) is 5.02 Å². The molecule has 0 bridgehead atoms. The van der Waals surface area contributed by atoms with Crippen LogP contribution in [0.3, 0.4) is 0 Å². The molecule has 0 amide bonds. The Balaban J connectivity index is 2.03. The molecule has 0 saturated carbocycles. The zero-order chi connectivity index (χ0) is 17.6. The number of rotatable bonds is 2. The van der Waals surface area contributed by atoms with E-state index in [1.54, 1.807) is 13.0 Å². The molecule has 0 atom stereocenters. The van der Waals surface area contributed by atoms with Gasteiger partial charge in [-0.2, -0.15) is 0 Å². The number of ether oxygens (including phenoxy) is 1. The summed E-state index contributed by atoms with van der Waals surface area (Å²) in [6.07, 6.45) is -4.81. The summed E-state index contributed by atoms with van der Waals surface area (Å²) in [6.45, 7) is 1.67. The second-order valence-electron chi connectivity index (χ2n) is 4.99. The number of aromatic nitrogens is 1. The van der Waals surface area contributed by atoms with Crippen LogP contribution >= 0.6 is 22.9 Å². The zero-order valence-corrected chi connectivity index (χ0v) is 13.6. The number of aryl methyl sites for hydroxylation is 1. The first kappa shape index (κ1) is 16.7. The van der Waals surface area contributed by atoms with Crippen LogP contribution in [0.5, 0.6) is 10.8 Å². The van der Waals surface area contributed by atoms with E-state index < -0.39 is 17.3 Å². The number of alkyl halides is 3. The van der Waals surface area contributed by atoms with Crippen molar-refractivity contribution in [3.05, 3.63) is 45.9 Å². The van der Waals surface area contributed by atoms with Crippen molar-refractivity contribution in [1.82, 2.24) is 4.57 Å². The summed E-state index contributed by atoms with van der Waals surface area (Å²) in [5, 5.41) is 11.2. The number of nitrogens with zero attached hydrogens (tertiary/aromatic N) is 1. The molecule has 0 aliphatic rings. The van der Waals surface area contributed by atoms with Gasteiger partial charge in [-0.1, -0.05) is 11.6 Å². The van der Waals surface area contributed by atoms with Crippen molar-refractivity contribution in [3.8, 4) is 10.8 Å². The third-order valence-corrected chi connectivity index (χ3v) is 4.40. The van der Waals surface area contributed by atoms with Crippen LogP contribution in [0.4, 0.5) is 13.2 Å². The van der Waals surface area contributed by atoms with Gasteiger partial charge in [-0.25, -0.2) is 0 Å². The smallest absolute Gasteiger partial charge is 0.506 e. The lowest BCUT2D eigenvalue weighted by Gasteiger charge is -2.07. The first-order valence-corrected chi connectivity index (χ1v) is 7.81. The van der Waals surface area contributed by atoms with E-state index in [2.05, 4.69) is 4.74 Å². The largest absolute Gasteiger partial charge is 0.573 e. The Morgan fingerprint density at radius 1 is 1.29 bits per heavy atom. The van der Waals surface area contributed by atoms with E-state index in [-0.39, 0.29) is 16.3 Å². The molecule has 4 nitrogen and oxygen atoms in total. The zero-order valence-electron chi connectivity index (χ0n) is 12.0. The highest BCUT2D eigenvalue weighted by Gasteiger charge is 2.32. The summed E-state index contributed by atoms with van der Waals surface area (Å²) in [6, 6.07) is 5.55. The van der Waals surface area contributed by atoms with Crippen LogP contribution in [0.15, 0.2) is 29.6 Å². The maximum absolute atomic E-state index is 12.6. The molecule has 0 aliphatic carbocycles. The fraction of sp³-hybridized carbons (Fsp3) is 0.133. The van der Waals surface area contributed by atoms with Gasteiger partial charge in [0.15, 0.2) is 5.06 Å². The van der Waals surface area contributed by atoms with Crippen LogP contribution in [0.25, 0.3) is 10.9 Å². The average molecular weight is 376 g/mol. The lowest BCUT2D eigenvalue weighted by molar-refractivity contribution is -0.273. The van der Waals surface area contributed by atoms with Crippen molar-refractivity contribution >= 4 is 39.7 Å². The van der Waals surface area contributed by atoms with Crippen molar-refractivity contribution in [2.24, 2.45) is 0 Å². The summed E-state index contributed by atoms with van der Waals surface area (Å²) in [5.41, 5.74) is 1.06. The standard InChI is InChI=1S/C15H9ClF3NO3S/c1-7-2-8-3-12(21)10(16)5-11(8)20(7)14(22)9-4-13(24-6-9)23-15(17,18)19/h2-6,21H,1H3. The van der Waals surface area contributed by atoms with Crippen molar-refractivity contribution in [1.29, 1.82) is 0 Å². The SMILES string of the molecule is Cc1cc2cc(O)c(Cl)cc2n1C(=O)c1csc(OC(F)(F)F)c1. The molecule has 1 aromatic carbocycles. The molecule has 2 heterocycles. The molecular weight excluding hydrogens is 367 g/mol. The van der Waals surface area contributed by atoms with E-state index in [0.29, 0.717) is 27.9 Å². The topological polar surface area (TPSA) is 51.5 Å². The molecular formula is C15H9ClF3NO3S. The molecule has 3 aromatic rings. The van der Waals surface area contributed by atoms with Gasteiger partial charge in [-0.15, -0.1) is 24.5 Å². The number of hydrogen-bond donors (Lipinski definition) is 1. The highest BCUT2D eigenvalue weighted by Crippen LogP contribution is 2.33. The Kier molecular flexibility index (Phi) is 3.97. The Morgan fingerprint density at radius 2 is 2.00 bits per heavy atom. The van der Waals surface area contributed by atoms with E-state index >= 15 is 0 Å². The summed E-state index contributed by atoms with van der Waals surface area (Å²) in [4.78, 5) is 12.6. The summed E-state index contributed by atoms with van der Waals surface area (Å²) in [7, 11) is 0. The number of hydrogen-bond acceptors (Lipinski definition) is 4. The maximum Gasteiger partial charge on any atom is 0.573 e. The average Bonchev–Trinajstić information content (AvgIpc) is 3.01. The molecule has 2 aromatic heterocycles. The monoisotopic (exact) mass is 375 g/mol. The number of phenols is 1. The van der Waals surface area contributed by atoms with Crippen LogP contribution in [-0.2, 0) is 0 Å². The van der Waals surface area contributed by atoms with Gasteiger partial charge in [0.1, 0.15) is 5.75 Å². The number of phenolic OH excluding ortho intramolecular Hbond substituents is 1. The van der Waals surface area contributed by atoms with Crippen LogP contribution in [0, 0.1) is 6.92 Å². The molecule has 1 N–H and O–H groups in total. The van der Waals surface area contributed by atoms with Crippen molar-refractivity contribution in [2.75, 3.05) is 0 Å². The first-order valence-electron chi connectivity index (χ1n) is 6.55. The van der Waals surface area contributed by atoms with E-state index in [1.165, 1.54) is 22.1 Å². The van der Waals surface area contributed by atoms with Gasteiger partial charge in [0.05, 0.1) is 16.1 Å². The number of aromatic hydroxyl groups is 1.